The van der Waals surface area contributed by atoms with Gasteiger partial charge in [0.1, 0.15) is 11.6 Å². The Bertz CT molecular complexity index is 675. The Morgan fingerprint density at radius 3 is 2.48 bits per heavy atom. The topological polar surface area (TPSA) is 24.5 Å². The van der Waals surface area contributed by atoms with Crippen molar-refractivity contribution in [3.63, 3.8) is 0 Å². The highest BCUT2D eigenvalue weighted by molar-refractivity contribution is 7.10. The van der Waals surface area contributed by atoms with E-state index in [0.29, 0.717) is 13.1 Å². The summed E-state index contributed by atoms with van der Waals surface area (Å²) in [5, 5.41) is 5.09. The van der Waals surface area contributed by atoms with Crippen LogP contribution in [0, 0.1) is 5.82 Å². The molecule has 1 aromatic carbocycles. The molecule has 3 rings (SSSR count). The minimum atomic E-state index is -4.80. The van der Waals surface area contributed by atoms with E-state index in [2.05, 4.69) is 15.0 Å². The molecule has 0 bridgehead atoms. The zero-order chi connectivity index (χ0) is 17.2. The number of thiophene rings is 1. The molecule has 1 aliphatic rings. The second-order valence-corrected chi connectivity index (χ2v) is 6.41. The molecule has 0 radical (unpaired) electrons. The van der Waals surface area contributed by atoms with Crippen LogP contribution in [0.25, 0.3) is 0 Å². The number of piperazine rings is 1. The Balaban J connectivity index is 0.00000225. The Hall–Kier alpha value is -1.35. The van der Waals surface area contributed by atoms with Crippen molar-refractivity contribution in [1.82, 2.24) is 10.2 Å². The van der Waals surface area contributed by atoms with E-state index < -0.39 is 24.0 Å². The zero-order valence-corrected chi connectivity index (χ0v) is 14.7. The lowest BCUT2D eigenvalue weighted by atomic mass is 10.0. The minimum absolute atomic E-state index is 0. The van der Waals surface area contributed by atoms with Crippen LogP contribution in [0.5, 0.6) is 5.75 Å². The fourth-order valence-corrected chi connectivity index (χ4v) is 3.72. The second kappa shape index (κ2) is 8.35. The van der Waals surface area contributed by atoms with Crippen LogP contribution in [0.3, 0.4) is 0 Å². The van der Waals surface area contributed by atoms with Gasteiger partial charge in [-0.1, -0.05) is 6.07 Å². The van der Waals surface area contributed by atoms with Crippen molar-refractivity contribution in [2.45, 2.75) is 12.4 Å². The summed E-state index contributed by atoms with van der Waals surface area (Å²) in [5.41, 5.74) is 0.195. The molecule has 25 heavy (non-hydrogen) atoms. The summed E-state index contributed by atoms with van der Waals surface area (Å²) in [7, 11) is 0. The zero-order valence-electron chi connectivity index (χ0n) is 13.1. The van der Waals surface area contributed by atoms with E-state index in [1.807, 2.05) is 17.5 Å². The number of hydrogen-bond acceptors (Lipinski definition) is 4. The van der Waals surface area contributed by atoms with Crippen LogP contribution in [0.15, 0.2) is 35.7 Å². The molecule has 1 N–H and O–H groups in total. The molecule has 138 valence electrons. The molecular weight excluding hydrogens is 380 g/mol. The molecule has 1 aliphatic heterocycles. The second-order valence-electron chi connectivity index (χ2n) is 5.44. The van der Waals surface area contributed by atoms with Crippen LogP contribution < -0.4 is 10.1 Å². The molecule has 0 aliphatic carbocycles. The first-order valence-corrected chi connectivity index (χ1v) is 8.35. The summed E-state index contributed by atoms with van der Waals surface area (Å²) >= 11 is 1.46. The van der Waals surface area contributed by atoms with Gasteiger partial charge in [0, 0.05) is 36.6 Å². The molecule has 0 spiro atoms. The number of ether oxygens (including phenoxy) is 1. The molecule has 1 atom stereocenters. The van der Waals surface area contributed by atoms with Crippen LogP contribution >= 0.6 is 23.7 Å². The van der Waals surface area contributed by atoms with Crippen LogP contribution in [-0.4, -0.2) is 37.4 Å². The highest BCUT2D eigenvalue weighted by Crippen LogP contribution is 2.36. The third-order valence-corrected chi connectivity index (χ3v) is 4.75. The van der Waals surface area contributed by atoms with Gasteiger partial charge in [0.15, 0.2) is 0 Å². The molecule has 2 heterocycles. The number of hydrogen-bond donors (Lipinski definition) is 1. The lowest BCUT2D eigenvalue weighted by Gasteiger charge is -2.35. The van der Waals surface area contributed by atoms with Gasteiger partial charge in [-0.2, -0.15) is 0 Å². The average molecular weight is 397 g/mol. The van der Waals surface area contributed by atoms with Crippen LogP contribution in [-0.2, 0) is 0 Å². The largest absolute Gasteiger partial charge is 0.573 e. The lowest BCUT2D eigenvalue weighted by molar-refractivity contribution is -0.274. The fourth-order valence-electron chi connectivity index (χ4n) is 2.85. The summed E-state index contributed by atoms with van der Waals surface area (Å²) < 4.78 is 55.8. The summed E-state index contributed by atoms with van der Waals surface area (Å²) in [6, 6.07) is 6.46. The lowest BCUT2D eigenvalue weighted by Crippen LogP contribution is -2.45. The maximum absolute atomic E-state index is 14.4. The van der Waals surface area contributed by atoms with E-state index in [1.165, 1.54) is 11.3 Å². The van der Waals surface area contributed by atoms with Gasteiger partial charge in [0.25, 0.3) is 0 Å². The number of alkyl halides is 3. The molecule has 1 fully saturated rings. The quantitative estimate of drug-likeness (QED) is 0.784. The van der Waals surface area contributed by atoms with Gasteiger partial charge in [-0.05, 0) is 29.6 Å². The van der Waals surface area contributed by atoms with Crippen molar-refractivity contribution >= 4 is 23.7 Å². The minimum Gasteiger partial charge on any atom is -0.406 e. The van der Waals surface area contributed by atoms with Crippen molar-refractivity contribution in [1.29, 1.82) is 0 Å². The predicted molar refractivity (Wildman–Crippen MR) is 90.9 cm³/mol. The Morgan fingerprint density at radius 1 is 1.16 bits per heavy atom. The van der Waals surface area contributed by atoms with Crippen molar-refractivity contribution in [3.05, 3.63) is 52.0 Å². The van der Waals surface area contributed by atoms with Gasteiger partial charge in [0.05, 0.1) is 6.04 Å². The number of nitrogens with zero attached hydrogens (tertiary/aromatic N) is 1. The van der Waals surface area contributed by atoms with E-state index in [0.717, 1.165) is 36.2 Å². The van der Waals surface area contributed by atoms with E-state index in [4.69, 9.17) is 0 Å². The first-order valence-electron chi connectivity index (χ1n) is 7.47. The highest BCUT2D eigenvalue weighted by atomic mass is 35.5. The normalized spacial score (nSPS) is 17.0. The van der Waals surface area contributed by atoms with Gasteiger partial charge in [-0.15, -0.1) is 36.9 Å². The van der Waals surface area contributed by atoms with Gasteiger partial charge >= 0.3 is 6.36 Å². The van der Waals surface area contributed by atoms with E-state index >= 15 is 0 Å². The molecular formula is C16H17ClF4N2OS. The standard InChI is InChI=1S/C16H16F4N2OS.ClH/c17-13-4-3-11(23-16(18,19)20)10-12(13)15(14-2-1-9-24-14)22-7-5-21-6-8-22;/h1-4,9-10,15,21H,5-8H2;1H/t15-;/m1./s1. The molecule has 0 saturated carbocycles. The SMILES string of the molecule is Cl.Fc1ccc(OC(F)(F)F)cc1[C@H](c1cccs1)N1CCNCC1. The van der Waals surface area contributed by atoms with Crippen LogP contribution in [0.1, 0.15) is 16.5 Å². The summed E-state index contributed by atoms with van der Waals surface area (Å²) in [6.07, 6.45) is -4.80. The molecule has 9 heteroatoms. The Kier molecular flexibility index (Phi) is 6.67. The maximum Gasteiger partial charge on any atom is 0.573 e. The molecule has 0 amide bonds. The van der Waals surface area contributed by atoms with Gasteiger partial charge in [-0.3, -0.25) is 4.90 Å². The molecule has 1 aromatic heterocycles. The highest BCUT2D eigenvalue weighted by Gasteiger charge is 2.33. The summed E-state index contributed by atoms with van der Waals surface area (Å²) in [6.45, 7) is 2.88. The van der Waals surface area contributed by atoms with Gasteiger partial charge in [0.2, 0.25) is 0 Å². The van der Waals surface area contributed by atoms with E-state index in [-0.39, 0.29) is 18.0 Å². The number of benzene rings is 1. The molecule has 1 saturated heterocycles. The van der Waals surface area contributed by atoms with Crippen molar-refractivity contribution in [3.8, 4) is 5.75 Å². The van der Waals surface area contributed by atoms with Crippen molar-refractivity contribution in [2.75, 3.05) is 26.2 Å². The van der Waals surface area contributed by atoms with Crippen LogP contribution in [0.2, 0.25) is 0 Å². The van der Waals surface area contributed by atoms with Gasteiger partial charge < -0.3 is 10.1 Å². The Labute approximate surface area is 153 Å². The first-order chi connectivity index (χ1) is 11.4. The third-order valence-electron chi connectivity index (χ3n) is 3.83. The smallest absolute Gasteiger partial charge is 0.406 e. The molecule has 3 nitrogen and oxygen atoms in total. The van der Waals surface area contributed by atoms with Gasteiger partial charge in [-0.25, -0.2) is 4.39 Å². The summed E-state index contributed by atoms with van der Waals surface area (Å²) in [5.74, 6) is -0.947. The third kappa shape index (κ3) is 5.07. The van der Waals surface area contributed by atoms with Crippen LogP contribution in [0.4, 0.5) is 17.6 Å². The van der Waals surface area contributed by atoms with Crippen molar-refractivity contribution < 1.29 is 22.3 Å². The Morgan fingerprint density at radius 2 is 1.88 bits per heavy atom. The summed E-state index contributed by atoms with van der Waals surface area (Å²) in [4.78, 5) is 2.96. The number of nitrogens with one attached hydrogen (secondary N) is 1. The number of halogens is 5. The van der Waals surface area contributed by atoms with E-state index in [9.17, 15) is 17.6 Å². The van der Waals surface area contributed by atoms with Crippen molar-refractivity contribution in [2.24, 2.45) is 0 Å². The first kappa shape index (κ1) is 20.0. The molecule has 2 aromatic rings. The molecule has 0 unspecified atom stereocenters. The predicted octanol–water partition coefficient (Wildman–Crippen LogP) is 4.20. The maximum atomic E-state index is 14.4. The monoisotopic (exact) mass is 396 g/mol. The number of rotatable bonds is 4. The van der Waals surface area contributed by atoms with E-state index in [1.54, 1.807) is 0 Å². The fraction of sp³-hybridized carbons (Fsp3) is 0.375. The average Bonchev–Trinajstić information content (AvgIpc) is 3.04.